The lowest BCUT2D eigenvalue weighted by molar-refractivity contribution is 0.251. The first-order valence-electron chi connectivity index (χ1n) is 6.64. The number of anilines is 1. The number of hydrogen-bond acceptors (Lipinski definition) is 3. The highest BCUT2D eigenvalue weighted by Crippen LogP contribution is 2.33. The molecule has 0 heterocycles. The third kappa shape index (κ3) is 3.88. The molecule has 6 heteroatoms. The molecule has 2 aromatic carbocycles. The van der Waals surface area contributed by atoms with Gasteiger partial charge in [-0.15, -0.1) is 0 Å². The molecule has 0 saturated carbocycles. The molecular formula is C16H17FN2O3. The fourth-order valence-corrected chi connectivity index (χ4v) is 1.92. The number of ether oxygens (including phenoxy) is 2. The van der Waals surface area contributed by atoms with E-state index in [2.05, 4.69) is 10.6 Å². The largest absolute Gasteiger partial charge is 0.494 e. The fourth-order valence-electron chi connectivity index (χ4n) is 1.92. The van der Waals surface area contributed by atoms with Crippen LogP contribution in [0.1, 0.15) is 5.56 Å². The van der Waals surface area contributed by atoms with E-state index in [0.29, 0.717) is 17.2 Å². The Morgan fingerprint density at radius 1 is 1.05 bits per heavy atom. The Morgan fingerprint density at radius 3 is 2.18 bits per heavy atom. The fraction of sp³-hybridized carbons (Fsp3) is 0.188. The molecule has 2 aromatic rings. The van der Waals surface area contributed by atoms with Gasteiger partial charge >= 0.3 is 6.03 Å². The average molecular weight is 304 g/mol. The highest BCUT2D eigenvalue weighted by Gasteiger charge is 2.12. The summed E-state index contributed by atoms with van der Waals surface area (Å²) in [4.78, 5) is 12.0. The number of amides is 2. The zero-order valence-corrected chi connectivity index (χ0v) is 12.4. The number of halogens is 1. The molecule has 2 N–H and O–H groups in total. The van der Waals surface area contributed by atoms with E-state index in [0.717, 1.165) is 5.56 Å². The van der Waals surface area contributed by atoms with Crippen LogP contribution in [0.25, 0.3) is 0 Å². The first kappa shape index (κ1) is 15.6. The van der Waals surface area contributed by atoms with Crippen LogP contribution in [0.2, 0.25) is 0 Å². The van der Waals surface area contributed by atoms with Crippen LogP contribution < -0.4 is 20.1 Å². The van der Waals surface area contributed by atoms with Gasteiger partial charge in [0, 0.05) is 6.54 Å². The third-order valence-electron chi connectivity index (χ3n) is 3.03. The van der Waals surface area contributed by atoms with Crippen molar-refractivity contribution in [1.29, 1.82) is 0 Å². The number of urea groups is 1. The molecule has 0 spiro atoms. The summed E-state index contributed by atoms with van der Waals surface area (Å²) in [6.07, 6.45) is 0. The lowest BCUT2D eigenvalue weighted by Gasteiger charge is -2.14. The zero-order chi connectivity index (χ0) is 15.9. The van der Waals surface area contributed by atoms with Gasteiger partial charge < -0.3 is 20.1 Å². The summed E-state index contributed by atoms with van der Waals surface area (Å²) in [7, 11) is 3.02. The third-order valence-corrected chi connectivity index (χ3v) is 3.03. The molecule has 0 fully saturated rings. The van der Waals surface area contributed by atoms with Crippen molar-refractivity contribution in [2.75, 3.05) is 19.5 Å². The van der Waals surface area contributed by atoms with Gasteiger partial charge in [0.2, 0.25) is 0 Å². The summed E-state index contributed by atoms with van der Waals surface area (Å²) in [5.74, 6) is 0.680. The molecule has 0 atom stereocenters. The van der Waals surface area contributed by atoms with Crippen LogP contribution in [0.4, 0.5) is 14.9 Å². The normalized spacial score (nSPS) is 9.95. The number of rotatable bonds is 5. The van der Waals surface area contributed by atoms with Crippen molar-refractivity contribution >= 4 is 11.7 Å². The minimum Gasteiger partial charge on any atom is -0.494 e. The summed E-state index contributed by atoms with van der Waals surface area (Å²) in [5.41, 5.74) is 1.24. The maximum absolute atomic E-state index is 12.8. The smallest absolute Gasteiger partial charge is 0.319 e. The van der Waals surface area contributed by atoms with E-state index in [9.17, 15) is 9.18 Å². The molecule has 0 aliphatic carbocycles. The summed E-state index contributed by atoms with van der Waals surface area (Å²) >= 11 is 0. The van der Waals surface area contributed by atoms with E-state index in [1.54, 1.807) is 30.3 Å². The van der Waals surface area contributed by atoms with E-state index in [-0.39, 0.29) is 12.4 Å². The van der Waals surface area contributed by atoms with E-state index < -0.39 is 6.03 Å². The van der Waals surface area contributed by atoms with Gasteiger partial charge in [-0.1, -0.05) is 18.2 Å². The molecule has 0 bridgehead atoms. The lowest BCUT2D eigenvalue weighted by Crippen LogP contribution is -2.28. The van der Waals surface area contributed by atoms with E-state index in [1.165, 1.54) is 26.4 Å². The molecule has 2 rings (SSSR count). The second-order valence-corrected chi connectivity index (χ2v) is 4.47. The minimum absolute atomic E-state index is 0.281. The summed E-state index contributed by atoms with van der Waals surface area (Å²) < 4.78 is 23.2. The molecule has 0 aliphatic rings. The lowest BCUT2D eigenvalue weighted by atomic mass is 10.2. The van der Waals surface area contributed by atoms with Crippen LogP contribution in [0.3, 0.4) is 0 Å². The van der Waals surface area contributed by atoms with Crippen LogP contribution in [0, 0.1) is 5.82 Å². The van der Waals surface area contributed by atoms with Gasteiger partial charge in [-0.3, -0.25) is 0 Å². The highest BCUT2D eigenvalue weighted by atomic mass is 19.1. The molecule has 2 amide bonds. The van der Waals surface area contributed by atoms with E-state index in [4.69, 9.17) is 9.47 Å². The molecule has 0 radical (unpaired) electrons. The SMILES string of the molecule is COc1cccc(OC)c1NC(=O)NCc1ccc(F)cc1. The topological polar surface area (TPSA) is 59.6 Å². The number of carbonyl (C=O) groups is 1. The van der Waals surface area contributed by atoms with Crippen LogP contribution in [-0.4, -0.2) is 20.3 Å². The Morgan fingerprint density at radius 2 is 1.64 bits per heavy atom. The van der Waals surface area contributed by atoms with Crippen LogP contribution in [-0.2, 0) is 6.54 Å². The first-order valence-corrected chi connectivity index (χ1v) is 6.64. The molecule has 0 saturated heterocycles. The molecule has 0 aliphatic heterocycles. The Bertz CT molecular complexity index is 622. The maximum atomic E-state index is 12.8. The molecule has 5 nitrogen and oxygen atoms in total. The van der Waals surface area contributed by atoms with Crippen molar-refractivity contribution < 1.29 is 18.7 Å². The van der Waals surface area contributed by atoms with Gasteiger partial charge in [-0.2, -0.15) is 0 Å². The predicted octanol–water partition coefficient (Wildman–Crippen LogP) is 3.16. The Kier molecular flexibility index (Phi) is 5.19. The van der Waals surface area contributed by atoms with Gasteiger partial charge in [-0.25, -0.2) is 9.18 Å². The van der Waals surface area contributed by atoms with Crippen molar-refractivity contribution in [1.82, 2.24) is 5.32 Å². The van der Waals surface area contributed by atoms with Gasteiger partial charge in [0.1, 0.15) is 23.0 Å². The van der Waals surface area contributed by atoms with Crippen molar-refractivity contribution in [3.05, 3.63) is 53.8 Å². The number of para-hydroxylation sites is 1. The second kappa shape index (κ2) is 7.31. The first-order chi connectivity index (χ1) is 10.6. The number of methoxy groups -OCH3 is 2. The number of benzene rings is 2. The van der Waals surface area contributed by atoms with E-state index >= 15 is 0 Å². The minimum atomic E-state index is -0.410. The number of nitrogens with one attached hydrogen (secondary N) is 2. The number of carbonyl (C=O) groups excluding carboxylic acids is 1. The average Bonchev–Trinajstić information content (AvgIpc) is 2.54. The molecule has 0 unspecified atom stereocenters. The van der Waals surface area contributed by atoms with Crippen LogP contribution in [0.15, 0.2) is 42.5 Å². The Balaban J connectivity index is 2.01. The van der Waals surface area contributed by atoms with Crippen molar-refractivity contribution in [3.8, 4) is 11.5 Å². The monoisotopic (exact) mass is 304 g/mol. The zero-order valence-electron chi connectivity index (χ0n) is 12.4. The van der Waals surface area contributed by atoms with Crippen LogP contribution >= 0.6 is 0 Å². The number of hydrogen-bond donors (Lipinski definition) is 2. The van der Waals surface area contributed by atoms with Crippen molar-refractivity contribution in [2.24, 2.45) is 0 Å². The summed E-state index contributed by atoms with van der Waals surface area (Å²) in [5, 5.41) is 5.37. The quantitative estimate of drug-likeness (QED) is 0.892. The highest BCUT2D eigenvalue weighted by molar-refractivity contribution is 5.92. The van der Waals surface area contributed by atoms with Gasteiger partial charge in [0.25, 0.3) is 0 Å². The van der Waals surface area contributed by atoms with Crippen molar-refractivity contribution in [2.45, 2.75) is 6.54 Å². The predicted molar refractivity (Wildman–Crippen MR) is 81.8 cm³/mol. The molecule has 22 heavy (non-hydrogen) atoms. The van der Waals surface area contributed by atoms with Crippen LogP contribution in [0.5, 0.6) is 11.5 Å². The van der Waals surface area contributed by atoms with Gasteiger partial charge in [0.15, 0.2) is 0 Å². The van der Waals surface area contributed by atoms with E-state index in [1.807, 2.05) is 0 Å². The van der Waals surface area contributed by atoms with Gasteiger partial charge in [-0.05, 0) is 29.8 Å². The second-order valence-electron chi connectivity index (χ2n) is 4.47. The summed E-state index contributed by atoms with van der Waals surface area (Å²) in [6.45, 7) is 0.281. The molecular weight excluding hydrogens is 287 g/mol. The Hall–Kier alpha value is -2.76. The van der Waals surface area contributed by atoms with Crippen molar-refractivity contribution in [3.63, 3.8) is 0 Å². The Labute approximate surface area is 128 Å². The molecule has 0 aromatic heterocycles. The van der Waals surface area contributed by atoms with Gasteiger partial charge in [0.05, 0.1) is 14.2 Å². The maximum Gasteiger partial charge on any atom is 0.319 e. The standard InChI is InChI=1S/C16H17FN2O3/c1-21-13-4-3-5-14(22-2)15(13)19-16(20)18-10-11-6-8-12(17)9-7-11/h3-9H,10H2,1-2H3,(H2,18,19,20). The molecule has 116 valence electrons. The summed E-state index contributed by atoms with van der Waals surface area (Å²) in [6, 6.07) is 10.7.